The largest absolute Gasteiger partial charge is 0.388 e. The minimum Gasteiger partial charge on any atom is -0.388 e. The van der Waals surface area contributed by atoms with Crippen LogP contribution in [0.1, 0.15) is 5.69 Å². The Morgan fingerprint density at radius 1 is 1.47 bits per heavy atom. The molecule has 2 heterocycles. The molecule has 0 aromatic carbocycles. The minimum atomic E-state index is -0.866. The van der Waals surface area contributed by atoms with Gasteiger partial charge < -0.3 is 20.8 Å². The van der Waals surface area contributed by atoms with Crippen LogP contribution in [0.2, 0.25) is 0 Å². The zero-order valence-corrected chi connectivity index (χ0v) is 9.23. The van der Waals surface area contributed by atoms with E-state index in [9.17, 15) is 15.0 Å². The Morgan fingerprint density at radius 2 is 2.12 bits per heavy atom. The molecule has 17 heavy (non-hydrogen) atoms. The van der Waals surface area contributed by atoms with Crippen LogP contribution >= 0.6 is 0 Å². The number of amides is 1. The summed E-state index contributed by atoms with van der Waals surface area (Å²) in [5.74, 6) is -0.214. The van der Waals surface area contributed by atoms with Gasteiger partial charge in [0.05, 0.1) is 24.1 Å². The van der Waals surface area contributed by atoms with Gasteiger partial charge in [-0.25, -0.2) is 4.68 Å². The molecule has 0 aliphatic carbocycles. The number of nitrogens with zero attached hydrogens (tertiary/aromatic N) is 4. The molecule has 2 atom stereocenters. The first kappa shape index (κ1) is 12.0. The van der Waals surface area contributed by atoms with Gasteiger partial charge in [-0.3, -0.25) is 4.79 Å². The first-order valence-corrected chi connectivity index (χ1v) is 5.33. The number of aliphatic hydroxyl groups is 2. The number of aliphatic hydroxyl groups excluding tert-OH is 2. The molecule has 0 saturated carbocycles. The predicted molar refractivity (Wildman–Crippen MR) is 56.5 cm³/mol. The lowest BCUT2D eigenvalue weighted by atomic mass is 10.3. The summed E-state index contributed by atoms with van der Waals surface area (Å²) in [7, 11) is 0. The van der Waals surface area contributed by atoms with Crippen LogP contribution in [-0.2, 0) is 17.9 Å². The fourth-order valence-electron chi connectivity index (χ4n) is 1.72. The molecule has 1 aliphatic rings. The molecule has 0 radical (unpaired) electrons. The second kappa shape index (κ2) is 4.78. The summed E-state index contributed by atoms with van der Waals surface area (Å²) in [6.07, 6.45) is -0.135. The van der Waals surface area contributed by atoms with Crippen LogP contribution in [-0.4, -0.2) is 61.3 Å². The molecule has 1 amide bonds. The number of hydrogen-bond donors (Lipinski definition) is 3. The first-order valence-electron chi connectivity index (χ1n) is 5.33. The molecule has 0 spiro atoms. The van der Waals surface area contributed by atoms with Crippen molar-refractivity contribution in [3.63, 3.8) is 0 Å². The van der Waals surface area contributed by atoms with Crippen LogP contribution in [0.25, 0.3) is 0 Å². The van der Waals surface area contributed by atoms with Gasteiger partial charge in [-0.2, -0.15) is 0 Å². The Hall–Kier alpha value is -1.51. The van der Waals surface area contributed by atoms with Crippen molar-refractivity contribution in [2.45, 2.75) is 25.3 Å². The summed E-state index contributed by atoms with van der Waals surface area (Å²) in [6, 6.07) is 0. The predicted octanol–water partition coefficient (Wildman–Crippen LogP) is -2.70. The third-order valence-corrected chi connectivity index (χ3v) is 2.70. The Bertz CT molecular complexity index is 397. The average molecular weight is 241 g/mol. The van der Waals surface area contributed by atoms with Gasteiger partial charge in [0.15, 0.2) is 0 Å². The summed E-state index contributed by atoms with van der Waals surface area (Å²) in [4.78, 5) is 13.2. The maximum Gasteiger partial charge on any atom is 0.244 e. The van der Waals surface area contributed by atoms with Gasteiger partial charge >= 0.3 is 0 Å². The lowest BCUT2D eigenvalue weighted by molar-refractivity contribution is -0.131. The summed E-state index contributed by atoms with van der Waals surface area (Å²) in [5.41, 5.74) is 5.99. The topological polar surface area (TPSA) is 118 Å². The Kier molecular flexibility index (Phi) is 3.36. The maximum atomic E-state index is 11.8. The third-order valence-electron chi connectivity index (χ3n) is 2.70. The van der Waals surface area contributed by atoms with Gasteiger partial charge in [-0.05, 0) is 0 Å². The van der Waals surface area contributed by atoms with Gasteiger partial charge in [0, 0.05) is 19.6 Å². The highest BCUT2D eigenvalue weighted by Crippen LogP contribution is 2.10. The van der Waals surface area contributed by atoms with E-state index in [4.69, 9.17) is 5.73 Å². The fraction of sp³-hybridized carbons (Fsp3) is 0.667. The molecule has 1 aromatic heterocycles. The number of carbonyl (C=O) groups excluding carboxylic acids is 1. The molecule has 2 rings (SSSR count). The summed E-state index contributed by atoms with van der Waals surface area (Å²) in [6.45, 7) is 0.610. The van der Waals surface area contributed by atoms with E-state index in [-0.39, 0.29) is 32.1 Å². The van der Waals surface area contributed by atoms with Crippen molar-refractivity contribution in [3.8, 4) is 0 Å². The molecule has 8 heteroatoms. The van der Waals surface area contributed by atoms with Crippen molar-refractivity contribution >= 4 is 5.91 Å². The van der Waals surface area contributed by atoms with Crippen molar-refractivity contribution in [2.24, 2.45) is 5.73 Å². The Morgan fingerprint density at radius 3 is 2.65 bits per heavy atom. The zero-order valence-electron chi connectivity index (χ0n) is 9.23. The van der Waals surface area contributed by atoms with Gasteiger partial charge in [0.1, 0.15) is 6.54 Å². The van der Waals surface area contributed by atoms with Crippen molar-refractivity contribution in [2.75, 3.05) is 13.1 Å². The van der Waals surface area contributed by atoms with E-state index in [1.165, 1.54) is 9.58 Å². The van der Waals surface area contributed by atoms with Crippen molar-refractivity contribution in [3.05, 3.63) is 11.9 Å². The molecular formula is C9H15N5O3. The quantitative estimate of drug-likeness (QED) is 0.530. The molecule has 0 unspecified atom stereocenters. The smallest absolute Gasteiger partial charge is 0.244 e. The van der Waals surface area contributed by atoms with E-state index in [0.29, 0.717) is 5.69 Å². The van der Waals surface area contributed by atoms with Crippen molar-refractivity contribution < 1.29 is 15.0 Å². The van der Waals surface area contributed by atoms with Crippen LogP contribution in [0.5, 0.6) is 0 Å². The standard InChI is InChI=1S/C9H15N5O3/c10-1-6-2-14(12-11-6)5-9(17)13-3-7(15)8(16)4-13/h2,7-8,15-16H,1,3-5,10H2/t7-,8+. The van der Waals surface area contributed by atoms with Crippen LogP contribution in [0, 0.1) is 0 Å². The molecule has 1 aliphatic heterocycles. The number of hydrogen-bond acceptors (Lipinski definition) is 6. The average Bonchev–Trinajstić information content (AvgIpc) is 2.87. The highest BCUT2D eigenvalue weighted by Gasteiger charge is 2.32. The molecular weight excluding hydrogens is 226 g/mol. The van der Waals surface area contributed by atoms with E-state index >= 15 is 0 Å². The molecule has 1 saturated heterocycles. The lowest BCUT2D eigenvalue weighted by Crippen LogP contribution is -2.33. The Balaban J connectivity index is 1.93. The van der Waals surface area contributed by atoms with Crippen LogP contribution in [0.15, 0.2) is 6.20 Å². The first-order chi connectivity index (χ1) is 8.10. The monoisotopic (exact) mass is 241 g/mol. The van der Waals surface area contributed by atoms with Crippen molar-refractivity contribution in [1.29, 1.82) is 0 Å². The zero-order chi connectivity index (χ0) is 12.4. The molecule has 4 N–H and O–H groups in total. The van der Waals surface area contributed by atoms with Crippen LogP contribution in [0.4, 0.5) is 0 Å². The third kappa shape index (κ3) is 2.60. The lowest BCUT2D eigenvalue weighted by Gasteiger charge is -2.14. The van der Waals surface area contributed by atoms with Crippen LogP contribution < -0.4 is 5.73 Å². The molecule has 0 bridgehead atoms. The number of likely N-dealkylation sites (tertiary alicyclic amines) is 1. The van der Waals surface area contributed by atoms with E-state index < -0.39 is 12.2 Å². The van der Waals surface area contributed by atoms with E-state index in [0.717, 1.165) is 0 Å². The highest BCUT2D eigenvalue weighted by molar-refractivity contribution is 5.76. The normalized spacial score (nSPS) is 24.3. The molecule has 94 valence electrons. The molecule has 8 nitrogen and oxygen atoms in total. The second-order valence-electron chi connectivity index (χ2n) is 4.05. The summed E-state index contributed by atoms with van der Waals surface area (Å²) < 4.78 is 1.39. The number of rotatable bonds is 3. The summed E-state index contributed by atoms with van der Waals surface area (Å²) in [5, 5.41) is 26.2. The second-order valence-corrected chi connectivity index (χ2v) is 4.05. The molecule has 1 aromatic rings. The van der Waals surface area contributed by atoms with E-state index in [1.807, 2.05) is 0 Å². The van der Waals surface area contributed by atoms with Crippen molar-refractivity contribution in [1.82, 2.24) is 19.9 Å². The van der Waals surface area contributed by atoms with Crippen LogP contribution in [0.3, 0.4) is 0 Å². The van der Waals surface area contributed by atoms with E-state index in [2.05, 4.69) is 10.3 Å². The van der Waals surface area contributed by atoms with Gasteiger partial charge in [-0.1, -0.05) is 5.21 Å². The number of nitrogens with two attached hydrogens (primary N) is 1. The van der Waals surface area contributed by atoms with Gasteiger partial charge in [0.2, 0.25) is 5.91 Å². The van der Waals surface area contributed by atoms with E-state index in [1.54, 1.807) is 6.20 Å². The highest BCUT2D eigenvalue weighted by atomic mass is 16.3. The summed E-state index contributed by atoms with van der Waals surface area (Å²) >= 11 is 0. The van der Waals surface area contributed by atoms with Gasteiger partial charge in [-0.15, -0.1) is 5.10 Å². The minimum absolute atomic E-state index is 0.0342. The number of β-amino-alcohol motifs (C(OH)–C–C–N with tert-alkyl or cyclic N) is 2. The number of carbonyl (C=O) groups is 1. The molecule has 1 fully saturated rings. The fourth-order valence-corrected chi connectivity index (χ4v) is 1.72. The number of aromatic nitrogens is 3. The maximum absolute atomic E-state index is 11.8. The van der Waals surface area contributed by atoms with Gasteiger partial charge in [0.25, 0.3) is 0 Å². The Labute approximate surface area is 97.6 Å². The SMILES string of the molecule is NCc1cn(CC(=O)N2C[C@@H](O)[C@@H](O)C2)nn1.